The van der Waals surface area contributed by atoms with E-state index in [1.165, 1.54) is 0 Å². The minimum absolute atomic E-state index is 0.0826. The summed E-state index contributed by atoms with van der Waals surface area (Å²) in [5.41, 5.74) is 0.585. The number of hydrogen-bond donors (Lipinski definition) is 0. The van der Waals surface area contributed by atoms with E-state index in [4.69, 9.17) is 14.2 Å². The maximum absolute atomic E-state index is 12.6. The Morgan fingerprint density at radius 1 is 1.29 bits per heavy atom. The molecule has 0 unspecified atom stereocenters. The second kappa shape index (κ2) is 7.13. The summed E-state index contributed by atoms with van der Waals surface area (Å²) < 4.78 is 17.5. The quantitative estimate of drug-likeness (QED) is 0.801. The Kier molecular flexibility index (Phi) is 4.94. The molecule has 0 saturated heterocycles. The summed E-state index contributed by atoms with van der Waals surface area (Å²) in [6.45, 7) is 0.859. The van der Waals surface area contributed by atoms with Crippen molar-refractivity contribution in [2.75, 3.05) is 27.3 Å². The molecule has 24 heavy (non-hydrogen) atoms. The lowest BCUT2D eigenvalue weighted by molar-refractivity contribution is 0.0521. The molecule has 1 aliphatic rings. The van der Waals surface area contributed by atoms with Crippen LogP contribution >= 0.6 is 15.9 Å². The predicted octanol–water partition coefficient (Wildman–Crippen LogP) is 3.37. The van der Waals surface area contributed by atoms with Crippen LogP contribution in [0.25, 0.3) is 0 Å². The van der Waals surface area contributed by atoms with E-state index in [9.17, 15) is 4.79 Å². The van der Waals surface area contributed by atoms with E-state index in [1.807, 2.05) is 24.3 Å². The van der Waals surface area contributed by atoms with Gasteiger partial charge in [0.25, 0.3) is 5.91 Å². The average Bonchev–Trinajstić information content (AvgIpc) is 2.60. The SMILES string of the molecule is COc1ccc(C(=O)N(C)C[C@H]2COc3ccccc3O2)cc1Br. The number of carbonyl (C=O) groups is 1. The van der Waals surface area contributed by atoms with Crippen LogP contribution in [0.5, 0.6) is 17.2 Å². The maximum Gasteiger partial charge on any atom is 0.253 e. The van der Waals surface area contributed by atoms with Crippen molar-refractivity contribution in [3.8, 4) is 17.2 Å². The topological polar surface area (TPSA) is 48.0 Å². The van der Waals surface area contributed by atoms with Crippen molar-refractivity contribution in [1.29, 1.82) is 0 Å². The lowest BCUT2D eigenvalue weighted by atomic mass is 10.2. The molecule has 3 rings (SSSR count). The minimum atomic E-state index is -0.199. The second-order valence-corrected chi connectivity index (χ2v) is 6.39. The lowest BCUT2D eigenvalue weighted by Gasteiger charge is -2.29. The molecule has 2 aromatic carbocycles. The van der Waals surface area contributed by atoms with E-state index in [0.717, 1.165) is 10.2 Å². The van der Waals surface area contributed by atoms with Gasteiger partial charge >= 0.3 is 0 Å². The summed E-state index contributed by atoms with van der Waals surface area (Å²) >= 11 is 3.40. The highest BCUT2D eigenvalue weighted by atomic mass is 79.9. The number of nitrogens with zero attached hydrogens (tertiary/aromatic N) is 1. The summed E-state index contributed by atoms with van der Waals surface area (Å²) in [4.78, 5) is 14.2. The Hall–Kier alpha value is -2.21. The highest BCUT2D eigenvalue weighted by Gasteiger charge is 2.24. The molecule has 1 heterocycles. The number of amides is 1. The second-order valence-electron chi connectivity index (χ2n) is 5.53. The van der Waals surface area contributed by atoms with Gasteiger partial charge in [-0.1, -0.05) is 12.1 Å². The summed E-state index contributed by atoms with van der Waals surface area (Å²) in [6, 6.07) is 12.8. The van der Waals surface area contributed by atoms with Gasteiger partial charge in [-0.05, 0) is 46.3 Å². The first-order chi connectivity index (χ1) is 11.6. The van der Waals surface area contributed by atoms with Gasteiger partial charge in [-0.15, -0.1) is 0 Å². The highest BCUT2D eigenvalue weighted by Crippen LogP contribution is 2.31. The number of carbonyl (C=O) groups excluding carboxylic acids is 1. The first kappa shape index (κ1) is 16.6. The molecule has 0 fully saturated rings. The van der Waals surface area contributed by atoms with Crippen molar-refractivity contribution < 1.29 is 19.0 Å². The van der Waals surface area contributed by atoms with Gasteiger partial charge in [0.1, 0.15) is 12.4 Å². The Morgan fingerprint density at radius 3 is 2.75 bits per heavy atom. The summed E-state index contributed by atoms with van der Waals surface area (Å²) in [7, 11) is 3.34. The predicted molar refractivity (Wildman–Crippen MR) is 94.0 cm³/mol. The lowest BCUT2D eigenvalue weighted by Crippen LogP contribution is -2.41. The third-order valence-electron chi connectivity index (χ3n) is 3.79. The molecule has 0 saturated carbocycles. The van der Waals surface area contributed by atoms with E-state index in [2.05, 4.69) is 15.9 Å². The molecular weight excluding hydrogens is 374 g/mol. The van der Waals surface area contributed by atoms with Gasteiger partial charge in [0.2, 0.25) is 0 Å². The zero-order chi connectivity index (χ0) is 17.1. The number of likely N-dealkylation sites (N-methyl/N-ethyl adjacent to an activating group) is 1. The van der Waals surface area contributed by atoms with Crippen LogP contribution < -0.4 is 14.2 Å². The van der Waals surface area contributed by atoms with Crippen molar-refractivity contribution >= 4 is 21.8 Å². The van der Waals surface area contributed by atoms with Crippen LogP contribution in [-0.2, 0) is 0 Å². The van der Waals surface area contributed by atoms with E-state index in [0.29, 0.717) is 30.2 Å². The van der Waals surface area contributed by atoms with E-state index >= 15 is 0 Å². The molecule has 0 aliphatic carbocycles. The third kappa shape index (κ3) is 3.48. The summed E-state index contributed by atoms with van der Waals surface area (Å²) in [5, 5.41) is 0. The molecule has 6 heteroatoms. The first-order valence-electron chi connectivity index (χ1n) is 7.56. The van der Waals surface area contributed by atoms with Gasteiger partial charge in [-0.25, -0.2) is 0 Å². The molecular formula is C18H18BrNO4. The molecule has 0 aromatic heterocycles. The molecule has 1 aliphatic heterocycles. The fraction of sp³-hybridized carbons (Fsp3) is 0.278. The van der Waals surface area contributed by atoms with Crippen LogP contribution in [0.15, 0.2) is 46.9 Å². The largest absolute Gasteiger partial charge is 0.496 e. The third-order valence-corrected chi connectivity index (χ3v) is 4.41. The van der Waals surface area contributed by atoms with Crippen LogP contribution in [0.1, 0.15) is 10.4 Å². The number of benzene rings is 2. The first-order valence-corrected chi connectivity index (χ1v) is 8.35. The van der Waals surface area contributed by atoms with Gasteiger partial charge in [0.05, 0.1) is 18.1 Å². The van der Waals surface area contributed by atoms with Gasteiger partial charge in [0.15, 0.2) is 17.6 Å². The smallest absolute Gasteiger partial charge is 0.253 e. The number of ether oxygens (including phenoxy) is 3. The van der Waals surface area contributed by atoms with Gasteiger partial charge in [0, 0.05) is 12.6 Å². The number of methoxy groups -OCH3 is 1. The monoisotopic (exact) mass is 391 g/mol. The normalized spacial score (nSPS) is 15.7. The van der Waals surface area contributed by atoms with E-state index < -0.39 is 0 Å². The number of halogens is 1. The summed E-state index contributed by atoms with van der Waals surface area (Å²) in [6.07, 6.45) is -0.199. The number of hydrogen-bond acceptors (Lipinski definition) is 4. The molecule has 1 amide bonds. The van der Waals surface area contributed by atoms with Crippen molar-refractivity contribution in [3.05, 3.63) is 52.5 Å². The fourth-order valence-electron chi connectivity index (χ4n) is 2.56. The Bertz CT molecular complexity index is 750. The molecule has 0 bridgehead atoms. The van der Waals surface area contributed by atoms with E-state index in [1.54, 1.807) is 37.3 Å². The Morgan fingerprint density at radius 2 is 2.04 bits per heavy atom. The van der Waals surface area contributed by atoms with Crippen LogP contribution in [0.2, 0.25) is 0 Å². The standard InChI is InChI=1S/C18H18BrNO4/c1-20(18(21)12-7-8-15(22-2)14(19)9-12)10-13-11-23-16-5-3-4-6-17(16)24-13/h3-9,13H,10-11H2,1-2H3/t13-/m0/s1. The van der Waals surface area contributed by atoms with Gasteiger partial charge in [-0.3, -0.25) is 4.79 Å². The number of fused-ring (bicyclic) bond motifs is 1. The molecule has 0 N–H and O–H groups in total. The maximum atomic E-state index is 12.6. The van der Waals surface area contributed by atoms with E-state index in [-0.39, 0.29) is 12.0 Å². The zero-order valence-electron chi connectivity index (χ0n) is 13.5. The molecule has 2 aromatic rings. The molecule has 1 atom stereocenters. The fourth-order valence-corrected chi connectivity index (χ4v) is 3.10. The van der Waals surface area contributed by atoms with Crippen molar-refractivity contribution in [3.63, 3.8) is 0 Å². The van der Waals surface area contributed by atoms with Gasteiger partial charge < -0.3 is 19.1 Å². The van der Waals surface area contributed by atoms with Crippen LogP contribution in [0.4, 0.5) is 0 Å². The van der Waals surface area contributed by atoms with Crippen LogP contribution in [0, 0.1) is 0 Å². The minimum Gasteiger partial charge on any atom is -0.496 e. The molecule has 126 valence electrons. The van der Waals surface area contributed by atoms with Crippen molar-refractivity contribution in [2.24, 2.45) is 0 Å². The number of para-hydroxylation sites is 2. The van der Waals surface area contributed by atoms with Crippen molar-refractivity contribution in [2.45, 2.75) is 6.10 Å². The zero-order valence-corrected chi connectivity index (χ0v) is 15.1. The molecule has 0 radical (unpaired) electrons. The van der Waals surface area contributed by atoms with Crippen molar-refractivity contribution in [1.82, 2.24) is 4.90 Å². The average molecular weight is 392 g/mol. The Labute approximate surface area is 149 Å². The highest BCUT2D eigenvalue weighted by molar-refractivity contribution is 9.10. The molecule has 5 nitrogen and oxygen atoms in total. The Balaban J connectivity index is 1.66. The molecule has 0 spiro atoms. The van der Waals surface area contributed by atoms with Gasteiger partial charge in [-0.2, -0.15) is 0 Å². The van der Waals surface area contributed by atoms with Crippen LogP contribution in [-0.4, -0.2) is 44.2 Å². The van der Waals surface area contributed by atoms with Crippen LogP contribution in [0.3, 0.4) is 0 Å². The summed E-state index contributed by atoms with van der Waals surface area (Å²) in [5.74, 6) is 2.05. The number of rotatable bonds is 4.